The van der Waals surface area contributed by atoms with Crippen molar-refractivity contribution >= 4 is 40.2 Å². The quantitative estimate of drug-likeness (QED) is 0.781. The summed E-state index contributed by atoms with van der Waals surface area (Å²) in [6.07, 6.45) is 1.66. The normalized spacial score (nSPS) is 10.7. The van der Waals surface area contributed by atoms with Gasteiger partial charge in [0, 0.05) is 17.0 Å². The van der Waals surface area contributed by atoms with Crippen LogP contribution < -0.4 is 0 Å². The van der Waals surface area contributed by atoms with Gasteiger partial charge in [-0.25, -0.2) is 9.78 Å². The first-order valence-electron chi connectivity index (χ1n) is 5.54. The fourth-order valence-corrected chi connectivity index (χ4v) is 3.63. The summed E-state index contributed by atoms with van der Waals surface area (Å²) in [6, 6.07) is 5.14. The maximum atomic E-state index is 10.9. The lowest BCUT2D eigenvalue weighted by Gasteiger charge is -1.97. The summed E-state index contributed by atoms with van der Waals surface area (Å²) in [7, 11) is 0. The second-order valence-electron chi connectivity index (χ2n) is 3.88. The summed E-state index contributed by atoms with van der Waals surface area (Å²) in [5.41, 5.74) is 1.65. The van der Waals surface area contributed by atoms with E-state index in [1.54, 1.807) is 29.8 Å². The number of halogens is 1. The Hall–Kier alpha value is -1.76. The molecule has 3 aromatic heterocycles. The highest BCUT2D eigenvalue weighted by Gasteiger charge is 2.13. The minimum atomic E-state index is -0.935. The van der Waals surface area contributed by atoms with Crippen LogP contribution in [0.1, 0.15) is 10.4 Å². The molecule has 0 fully saturated rings. The van der Waals surface area contributed by atoms with Gasteiger partial charge in [-0.3, -0.25) is 4.98 Å². The van der Waals surface area contributed by atoms with E-state index in [0.29, 0.717) is 10.7 Å². The molecule has 4 nitrogen and oxygen atoms in total. The number of carboxylic acids is 1. The Morgan fingerprint density at radius 3 is 2.85 bits per heavy atom. The van der Waals surface area contributed by atoms with Crippen LogP contribution in [0.2, 0.25) is 5.02 Å². The molecule has 1 N–H and O–H groups in total. The zero-order valence-electron chi connectivity index (χ0n) is 9.91. The van der Waals surface area contributed by atoms with Crippen LogP contribution in [0.25, 0.3) is 21.3 Å². The number of pyridine rings is 1. The van der Waals surface area contributed by atoms with Crippen molar-refractivity contribution in [3.05, 3.63) is 45.7 Å². The average Bonchev–Trinajstić information content (AvgIpc) is 3.08. The lowest BCUT2D eigenvalue weighted by Crippen LogP contribution is -1.91. The number of nitrogens with zero attached hydrogens (tertiary/aromatic N) is 2. The molecule has 0 aliphatic heterocycles. The van der Waals surface area contributed by atoms with E-state index in [0.717, 1.165) is 15.6 Å². The predicted molar refractivity (Wildman–Crippen MR) is 80.6 cm³/mol. The zero-order valence-corrected chi connectivity index (χ0v) is 12.3. The van der Waals surface area contributed by atoms with E-state index in [1.165, 1.54) is 22.7 Å². The lowest BCUT2D eigenvalue weighted by atomic mass is 10.3. The van der Waals surface area contributed by atoms with Crippen molar-refractivity contribution in [3.8, 4) is 21.3 Å². The molecular weight excluding hydrogens is 316 g/mol. The number of aromatic carboxylic acids is 1. The van der Waals surface area contributed by atoms with E-state index in [9.17, 15) is 4.79 Å². The maximum Gasteiger partial charge on any atom is 0.336 e. The molecule has 3 rings (SSSR count). The summed E-state index contributed by atoms with van der Waals surface area (Å²) >= 11 is 8.87. The maximum absolute atomic E-state index is 10.9. The van der Waals surface area contributed by atoms with Crippen LogP contribution in [-0.2, 0) is 0 Å². The number of carbonyl (C=O) groups is 1. The van der Waals surface area contributed by atoms with E-state index < -0.39 is 5.97 Å². The molecule has 0 aromatic carbocycles. The molecule has 0 amide bonds. The van der Waals surface area contributed by atoms with Crippen molar-refractivity contribution < 1.29 is 9.90 Å². The third-order valence-electron chi connectivity index (χ3n) is 2.56. The van der Waals surface area contributed by atoms with Crippen molar-refractivity contribution in [1.82, 2.24) is 9.97 Å². The number of hydrogen-bond acceptors (Lipinski definition) is 5. The second kappa shape index (κ2) is 5.32. The predicted octanol–water partition coefficient (Wildman–Crippen LogP) is 4.29. The number of aromatic nitrogens is 2. The minimum Gasteiger partial charge on any atom is -0.478 e. The molecular formula is C13H7ClN2O2S2. The average molecular weight is 323 g/mol. The summed E-state index contributed by atoms with van der Waals surface area (Å²) in [5.74, 6) is -0.935. The number of hydrogen-bond donors (Lipinski definition) is 1. The van der Waals surface area contributed by atoms with Crippen molar-refractivity contribution in [2.75, 3.05) is 0 Å². The molecule has 20 heavy (non-hydrogen) atoms. The monoisotopic (exact) mass is 322 g/mol. The van der Waals surface area contributed by atoms with Gasteiger partial charge >= 0.3 is 5.97 Å². The molecule has 0 unspecified atom stereocenters. The SMILES string of the molecule is O=C(O)c1csc(-c2csc(-c3ncccc3Cl)n2)c1. The number of thiophene rings is 1. The topological polar surface area (TPSA) is 63.1 Å². The lowest BCUT2D eigenvalue weighted by molar-refractivity contribution is 0.0697. The molecule has 0 saturated carbocycles. The van der Waals surface area contributed by atoms with Crippen LogP contribution in [0.3, 0.4) is 0 Å². The minimum absolute atomic E-state index is 0.274. The Balaban J connectivity index is 1.98. The first-order chi connectivity index (χ1) is 9.65. The largest absolute Gasteiger partial charge is 0.478 e. The van der Waals surface area contributed by atoms with E-state index in [4.69, 9.17) is 16.7 Å². The Kier molecular flexibility index (Phi) is 3.52. The van der Waals surface area contributed by atoms with E-state index in [1.807, 2.05) is 5.38 Å². The number of thiazole rings is 1. The number of carboxylic acid groups (broad SMARTS) is 1. The van der Waals surface area contributed by atoms with Crippen LogP contribution in [0, 0.1) is 0 Å². The van der Waals surface area contributed by atoms with Crippen LogP contribution in [0.4, 0.5) is 0 Å². The van der Waals surface area contributed by atoms with Crippen molar-refractivity contribution in [2.45, 2.75) is 0 Å². The van der Waals surface area contributed by atoms with Crippen LogP contribution in [0.15, 0.2) is 35.2 Å². The van der Waals surface area contributed by atoms with Gasteiger partial charge < -0.3 is 5.11 Å². The first kappa shape index (κ1) is 13.2. The highest BCUT2D eigenvalue weighted by molar-refractivity contribution is 7.15. The van der Waals surface area contributed by atoms with Crippen molar-refractivity contribution in [3.63, 3.8) is 0 Å². The van der Waals surface area contributed by atoms with Gasteiger partial charge in [-0.15, -0.1) is 22.7 Å². The highest BCUT2D eigenvalue weighted by Crippen LogP contribution is 2.33. The van der Waals surface area contributed by atoms with Crippen LogP contribution in [0.5, 0.6) is 0 Å². The second-order valence-corrected chi connectivity index (χ2v) is 6.05. The van der Waals surface area contributed by atoms with Crippen molar-refractivity contribution in [1.29, 1.82) is 0 Å². The number of rotatable bonds is 3. The third kappa shape index (κ3) is 2.45. The third-order valence-corrected chi connectivity index (χ3v) is 4.67. The van der Waals surface area contributed by atoms with Gasteiger partial charge in [0.15, 0.2) is 0 Å². The summed E-state index contributed by atoms with van der Waals surface area (Å²) < 4.78 is 0. The molecule has 0 aliphatic rings. The van der Waals surface area contributed by atoms with Gasteiger partial charge in [0.2, 0.25) is 0 Å². The summed E-state index contributed by atoms with van der Waals surface area (Å²) in [4.78, 5) is 20.4. The molecule has 0 atom stereocenters. The molecule has 0 saturated heterocycles. The van der Waals surface area contributed by atoms with Gasteiger partial charge in [0.25, 0.3) is 0 Å². The van der Waals surface area contributed by atoms with Gasteiger partial charge in [-0.05, 0) is 18.2 Å². The molecule has 3 heterocycles. The van der Waals surface area contributed by atoms with E-state index >= 15 is 0 Å². The smallest absolute Gasteiger partial charge is 0.336 e. The standard InChI is InChI=1S/C13H7ClN2O2S2/c14-8-2-1-3-15-11(8)12-16-9(6-20-12)10-4-7(5-19-10)13(17)18/h1-6H,(H,17,18). The fourth-order valence-electron chi connectivity index (χ4n) is 1.62. The molecule has 0 bridgehead atoms. The Labute approximate surface area is 127 Å². The summed E-state index contributed by atoms with van der Waals surface area (Å²) in [5, 5.41) is 13.7. The molecule has 7 heteroatoms. The van der Waals surface area contributed by atoms with E-state index in [-0.39, 0.29) is 5.56 Å². The Bertz CT molecular complexity index is 782. The van der Waals surface area contributed by atoms with E-state index in [2.05, 4.69) is 9.97 Å². The zero-order chi connectivity index (χ0) is 14.1. The summed E-state index contributed by atoms with van der Waals surface area (Å²) in [6.45, 7) is 0. The van der Waals surface area contributed by atoms with Gasteiger partial charge in [-0.2, -0.15) is 0 Å². The van der Waals surface area contributed by atoms with Gasteiger partial charge in [-0.1, -0.05) is 11.6 Å². The first-order valence-corrected chi connectivity index (χ1v) is 7.67. The van der Waals surface area contributed by atoms with Crippen LogP contribution >= 0.6 is 34.3 Å². The van der Waals surface area contributed by atoms with Gasteiger partial charge in [0.05, 0.1) is 21.2 Å². The molecule has 3 aromatic rings. The Morgan fingerprint density at radius 2 is 2.15 bits per heavy atom. The molecule has 0 radical (unpaired) electrons. The highest BCUT2D eigenvalue weighted by atomic mass is 35.5. The molecule has 0 aliphatic carbocycles. The fraction of sp³-hybridized carbons (Fsp3) is 0. The molecule has 0 spiro atoms. The van der Waals surface area contributed by atoms with Crippen molar-refractivity contribution in [2.24, 2.45) is 0 Å². The Morgan fingerprint density at radius 1 is 1.30 bits per heavy atom. The molecule has 100 valence electrons. The van der Waals surface area contributed by atoms with Crippen LogP contribution in [-0.4, -0.2) is 21.0 Å². The van der Waals surface area contributed by atoms with Gasteiger partial charge in [0.1, 0.15) is 10.7 Å².